The normalized spacial score (nSPS) is 11.1. The summed E-state index contributed by atoms with van der Waals surface area (Å²) in [4.78, 5) is 16.3. The maximum atomic E-state index is 12.1. The highest BCUT2D eigenvalue weighted by Gasteiger charge is 2.05. The van der Waals surface area contributed by atoms with Crippen molar-refractivity contribution < 1.29 is 14.3 Å². The van der Waals surface area contributed by atoms with E-state index in [1.165, 1.54) is 0 Å². The zero-order valence-electron chi connectivity index (χ0n) is 16.7. The van der Waals surface area contributed by atoms with Gasteiger partial charge in [-0.3, -0.25) is 9.79 Å². The van der Waals surface area contributed by atoms with Gasteiger partial charge in [0.1, 0.15) is 5.75 Å². The molecule has 3 N–H and O–H groups in total. The van der Waals surface area contributed by atoms with Gasteiger partial charge < -0.3 is 25.4 Å². The number of methoxy groups -OCH3 is 1. The average molecular weight is 419 g/mol. The van der Waals surface area contributed by atoms with Crippen LogP contribution in [-0.2, 0) is 4.74 Å². The average Bonchev–Trinajstić information content (AvgIpc) is 2.74. The van der Waals surface area contributed by atoms with E-state index < -0.39 is 0 Å². The van der Waals surface area contributed by atoms with E-state index in [-0.39, 0.29) is 5.91 Å². The lowest BCUT2D eigenvalue weighted by Gasteiger charge is -2.13. The maximum Gasteiger partial charge on any atom is 0.251 e. The molecule has 0 saturated carbocycles. The third kappa shape index (κ3) is 8.41. The van der Waals surface area contributed by atoms with Crippen molar-refractivity contribution in [2.75, 3.05) is 45.8 Å². The molecule has 0 bridgehead atoms. The molecule has 2 aromatic rings. The Balaban J connectivity index is 1.74. The quantitative estimate of drug-likeness (QED) is 0.313. The number of hydrogen-bond acceptors (Lipinski definition) is 4. The summed E-state index contributed by atoms with van der Waals surface area (Å²) in [5.74, 6) is 1.23. The standard InChI is InChI=1S/C21H27ClN4O3/c1-23-21(25-12-11-24-20(27)16-7-9-17(22)10-8-16)26-18-5-3-6-19(15-18)29-14-4-13-28-2/h3,5-10,15H,4,11-14H2,1-2H3,(H,24,27)(H2,23,25,26). The molecule has 0 aliphatic rings. The lowest BCUT2D eigenvalue weighted by atomic mass is 10.2. The van der Waals surface area contributed by atoms with Gasteiger partial charge in [-0.25, -0.2) is 0 Å². The van der Waals surface area contributed by atoms with Crippen LogP contribution in [0, 0.1) is 0 Å². The third-order valence-corrected chi connectivity index (χ3v) is 4.14. The summed E-state index contributed by atoms with van der Waals surface area (Å²) in [5, 5.41) is 9.81. The van der Waals surface area contributed by atoms with Crippen LogP contribution in [0.15, 0.2) is 53.5 Å². The summed E-state index contributed by atoms with van der Waals surface area (Å²) in [6.45, 7) is 2.23. The topological polar surface area (TPSA) is 84.0 Å². The molecule has 0 aliphatic carbocycles. The van der Waals surface area contributed by atoms with Gasteiger partial charge in [0.25, 0.3) is 5.91 Å². The number of hydrogen-bond donors (Lipinski definition) is 3. The lowest BCUT2D eigenvalue weighted by Crippen LogP contribution is -2.37. The van der Waals surface area contributed by atoms with Crippen molar-refractivity contribution in [3.8, 4) is 5.75 Å². The van der Waals surface area contributed by atoms with Crippen LogP contribution in [0.3, 0.4) is 0 Å². The highest BCUT2D eigenvalue weighted by atomic mass is 35.5. The lowest BCUT2D eigenvalue weighted by molar-refractivity contribution is 0.0954. The minimum absolute atomic E-state index is 0.148. The SMILES string of the molecule is CN=C(NCCNC(=O)c1ccc(Cl)cc1)Nc1cccc(OCCCOC)c1. The number of guanidine groups is 1. The Bertz CT molecular complexity index is 797. The summed E-state index contributed by atoms with van der Waals surface area (Å²) in [5.41, 5.74) is 1.42. The van der Waals surface area contributed by atoms with Gasteiger partial charge >= 0.3 is 0 Å². The van der Waals surface area contributed by atoms with Crippen molar-refractivity contribution in [1.82, 2.24) is 10.6 Å². The first-order valence-electron chi connectivity index (χ1n) is 9.35. The van der Waals surface area contributed by atoms with Crippen molar-refractivity contribution in [2.45, 2.75) is 6.42 Å². The molecule has 0 unspecified atom stereocenters. The Morgan fingerprint density at radius 1 is 1.07 bits per heavy atom. The molecule has 156 valence electrons. The zero-order chi connectivity index (χ0) is 20.9. The van der Waals surface area contributed by atoms with Gasteiger partial charge in [-0.05, 0) is 36.4 Å². The van der Waals surface area contributed by atoms with Gasteiger partial charge in [0.2, 0.25) is 0 Å². The van der Waals surface area contributed by atoms with E-state index in [1.807, 2.05) is 24.3 Å². The Morgan fingerprint density at radius 2 is 1.83 bits per heavy atom. The van der Waals surface area contributed by atoms with Crippen LogP contribution < -0.4 is 20.7 Å². The molecule has 0 heterocycles. The van der Waals surface area contributed by atoms with E-state index in [4.69, 9.17) is 21.1 Å². The van der Waals surface area contributed by atoms with Crippen molar-refractivity contribution in [2.24, 2.45) is 4.99 Å². The summed E-state index contributed by atoms with van der Waals surface area (Å²) in [6, 6.07) is 14.4. The van der Waals surface area contributed by atoms with Crippen molar-refractivity contribution in [1.29, 1.82) is 0 Å². The molecule has 0 saturated heterocycles. The fourth-order valence-electron chi connectivity index (χ4n) is 2.43. The van der Waals surface area contributed by atoms with Crippen LogP contribution in [0.25, 0.3) is 0 Å². The number of benzene rings is 2. The summed E-state index contributed by atoms with van der Waals surface area (Å²) in [6.07, 6.45) is 0.832. The number of halogens is 1. The van der Waals surface area contributed by atoms with Crippen LogP contribution in [0.1, 0.15) is 16.8 Å². The van der Waals surface area contributed by atoms with Gasteiger partial charge in [-0.15, -0.1) is 0 Å². The molecular formula is C21H27ClN4O3. The van der Waals surface area contributed by atoms with Gasteiger partial charge in [0.05, 0.1) is 6.61 Å². The molecule has 7 nitrogen and oxygen atoms in total. The molecule has 8 heteroatoms. The fraction of sp³-hybridized carbons (Fsp3) is 0.333. The predicted octanol–water partition coefficient (Wildman–Crippen LogP) is 3.17. The number of carbonyl (C=O) groups excluding carboxylic acids is 1. The molecule has 0 radical (unpaired) electrons. The van der Waals surface area contributed by atoms with E-state index >= 15 is 0 Å². The smallest absolute Gasteiger partial charge is 0.251 e. The van der Waals surface area contributed by atoms with Crippen LogP contribution >= 0.6 is 11.6 Å². The second kappa shape index (κ2) is 12.6. The number of anilines is 1. The van der Waals surface area contributed by atoms with Gasteiger partial charge in [0.15, 0.2) is 5.96 Å². The van der Waals surface area contributed by atoms with E-state index in [2.05, 4.69) is 20.9 Å². The van der Waals surface area contributed by atoms with Crippen molar-refractivity contribution in [3.05, 3.63) is 59.1 Å². The summed E-state index contributed by atoms with van der Waals surface area (Å²) >= 11 is 5.83. The van der Waals surface area contributed by atoms with E-state index in [9.17, 15) is 4.79 Å². The molecule has 2 aromatic carbocycles. The Hall–Kier alpha value is -2.77. The number of ether oxygens (including phenoxy) is 2. The molecule has 1 amide bonds. The molecule has 0 fully saturated rings. The molecule has 0 aromatic heterocycles. The Labute approximate surface area is 176 Å². The second-order valence-corrected chi connectivity index (χ2v) is 6.55. The van der Waals surface area contributed by atoms with Crippen LogP contribution in [-0.4, -0.2) is 52.3 Å². The van der Waals surface area contributed by atoms with Gasteiger partial charge in [0, 0.05) is 62.6 Å². The first-order chi connectivity index (χ1) is 14.1. The number of nitrogens with zero attached hydrogens (tertiary/aromatic N) is 1. The number of rotatable bonds is 10. The van der Waals surface area contributed by atoms with Crippen molar-refractivity contribution >= 4 is 29.2 Å². The maximum absolute atomic E-state index is 12.1. The Morgan fingerprint density at radius 3 is 2.55 bits per heavy atom. The number of carbonyl (C=O) groups is 1. The van der Waals surface area contributed by atoms with Crippen molar-refractivity contribution in [3.63, 3.8) is 0 Å². The van der Waals surface area contributed by atoms with Crippen LogP contribution in [0.2, 0.25) is 5.02 Å². The second-order valence-electron chi connectivity index (χ2n) is 6.11. The highest BCUT2D eigenvalue weighted by molar-refractivity contribution is 6.30. The van der Waals surface area contributed by atoms with E-state index in [0.717, 1.165) is 17.9 Å². The number of aliphatic imine (C=N–C) groups is 1. The van der Waals surface area contributed by atoms with Gasteiger partial charge in [-0.2, -0.15) is 0 Å². The predicted molar refractivity (Wildman–Crippen MR) is 117 cm³/mol. The van der Waals surface area contributed by atoms with Crippen LogP contribution in [0.5, 0.6) is 5.75 Å². The monoisotopic (exact) mass is 418 g/mol. The summed E-state index contributed by atoms with van der Waals surface area (Å²) < 4.78 is 10.7. The molecule has 0 spiro atoms. The van der Waals surface area contributed by atoms with E-state index in [0.29, 0.717) is 42.8 Å². The first kappa shape index (κ1) is 22.5. The summed E-state index contributed by atoms with van der Waals surface area (Å²) in [7, 11) is 3.36. The molecule has 2 rings (SSSR count). The number of nitrogens with one attached hydrogen (secondary N) is 3. The zero-order valence-corrected chi connectivity index (χ0v) is 17.5. The third-order valence-electron chi connectivity index (χ3n) is 3.89. The van der Waals surface area contributed by atoms with E-state index in [1.54, 1.807) is 38.4 Å². The largest absolute Gasteiger partial charge is 0.493 e. The molecular weight excluding hydrogens is 392 g/mol. The minimum Gasteiger partial charge on any atom is -0.493 e. The molecule has 0 atom stereocenters. The van der Waals surface area contributed by atoms with Gasteiger partial charge in [-0.1, -0.05) is 17.7 Å². The highest BCUT2D eigenvalue weighted by Crippen LogP contribution is 2.17. The fourth-order valence-corrected chi connectivity index (χ4v) is 2.56. The Kier molecular flexibility index (Phi) is 9.82. The first-order valence-corrected chi connectivity index (χ1v) is 9.73. The molecule has 29 heavy (non-hydrogen) atoms. The minimum atomic E-state index is -0.148. The number of amides is 1. The molecule has 0 aliphatic heterocycles. The van der Waals surface area contributed by atoms with Crippen LogP contribution in [0.4, 0.5) is 5.69 Å².